The first kappa shape index (κ1) is 13.4. The van der Waals surface area contributed by atoms with Crippen LogP contribution in [-0.4, -0.2) is 32.4 Å². The smallest absolute Gasteiger partial charge is 0.123 e. The largest absolute Gasteiger partial charge is 0.488 e. The van der Waals surface area contributed by atoms with Crippen LogP contribution in [0, 0.1) is 5.92 Å². The summed E-state index contributed by atoms with van der Waals surface area (Å²) in [6, 6.07) is 8.27. The van der Waals surface area contributed by atoms with Crippen molar-refractivity contribution in [1.29, 1.82) is 0 Å². The third-order valence-corrected chi connectivity index (χ3v) is 2.96. The average molecular weight is 249 g/mol. The van der Waals surface area contributed by atoms with Crippen LogP contribution in [0.3, 0.4) is 0 Å². The van der Waals surface area contributed by atoms with Gasteiger partial charge in [-0.2, -0.15) is 0 Å². The summed E-state index contributed by atoms with van der Waals surface area (Å²) in [5.74, 6) is 1.65. The van der Waals surface area contributed by atoms with Crippen LogP contribution >= 0.6 is 0 Å². The number of rotatable bonds is 7. The molecule has 1 aliphatic heterocycles. The van der Waals surface area contributed by atoms with Crippen molar-refractivity contribution in [2.24, 2.45) is 5.92 Å². The molecule has 0 fully saturated rings. The lowest BCUT2D eigenvalue weighted by Gasteiger charge is -2.12. The molecule has 0 saturated carbocycles. The fraction of sp³-hybridized carbons (Fsp3) is 0.600. The van der Waals surface area contributed by atoms with Crippen molar-refractivity contribution in [3.63, 3.8) is 0 Å². The molecular formula is C15H23NO2. The number of hydrogen-bond acceptors (Lipinski definition) is 3. The second kappa shape index (κ2) is 6.76. The van der Waals surface area contributed by atoms with Gasteiger partial charge in [0, 0.05) is 26.1 Å². The summed E-state index contributed by atoms with van der Waals surface area (Å²) in [4.78, 5) is 0. The molecule has 1 aromatic rings. The highest BCUT2D eigenvalue weighted by Crippen LogP contribution is 2.27. The standard InChI is InChI=1S/C15H23NO2/c1-12(2)11-17-8-7-16-10-14-9-13-5-3-4-6-15(13)18-14/h3-6,12,14,16H,7-11H2,1-2H3. The van der Waals surface area contributed by atoms with Crippen LogP contribution in [0.5, 0.6) is 5.75 Å². The monoisotopic (exact) mass is 249 g/mol. The number of hydrogen-bond donors (Lipinski definition) is 1. The van der Waals surface area contributed by atoms with Gasteiger partial charge in [0.15, 0.2) is 0 Å². The molecule has 0 bridgehead atoms. The van der Waals surface area contributed by atoms with Crippen LogP contribution < -0.4 is 10.1 Å². The molecule has 3 heteroatoms. The van der Waals surface area contributed by atoms with Crippen molar-refractivity contribution in [3.8, 4) is 5.75 Å². The summed E-state index contributed by atoms with van der Waals surface area (Å²) in [6.45, 7) is 7.72. The molecule has 1 atom stereocenters. The zero-order chi connectivity index (χ0) is 12.8. The van der Waals surface area contributed by atoms with Crippen molar-refractivity contribution >= 4 is 0 Å². The van der Waals surface area contributed by atoms with Crippen LogP contribution in [0.1, 0.15) is 19.4 Å². The molecule has 18 heavy (non-hydrogen) atoms. The number of fused-ring (bicyclic) bond motifs is 1. The van der Waals surface area contributed by atoms with Crippen LogP contribution in [0.2, 0.25) is 0 Å². The Balaban J connectivity index is 1.57. The Kier molecular flexibility index (Phi) is 5.02. The first-order valence-corrected chi connectivity index (χ1v) is 6.78. The van der Waals surface area contributed by atoms with Crippen molar-refractivity contribution in [2.45, 2.75) is 26.4 Å². The predicted molar refractivity (Wildman–Crippen MR) is 73.1 cm³/mol. The normalized spacial score (nSPS) is 17.8. The summed E-state index contributed by atoms with van der Waals surface area (Å²) in [5.41, 5.74) is 1.32. The Morgan fingerprint density at radius 2 is 2.22 bits per heavy atom. The molecule has 1 aliphatic rings. The first-order valence-electron chi connectivity index (χ1n) is 6.78. The number of benzene rings is 1. The molecule has 0 radical (unpaired) electrons. The zero-order valence-corrected chi connectivity index (χ0v) is 11.3. The third-order valence-electron chi connectivity index (χ3n) is 2.96. The van der Waals surface area contributed by atoms with Gasteiger partial charge in [-0.1, -0.05) is 32.0 Å². The SMILES string of the molecule is CC(C)COCCNCC1Cc2ccccc2O1. The maximum absolute atomic E-state index is 5.85. The van der Waals surface area contributed by atoms with E-state index in [1.807, 2.05) is 12.1 Å². The van der Waals surface area contributed by atoms with E-state index in [1.54, 1.807) is 0 Å². The van der Waals surface area contributed by atoms with Gasteiger partial charge in [0.05, 0.1) is 6.61 Å². The molecule has 1 N–H and O–H groups in total. The van der Waals surface area contributed by atoms with Crippen LogP contribution in [0.4, 0.5) is 0 Å². The molecule has 100 valence electrons. The Bertz CT molecular complexity index is 340. The van der Waals surface area contributed by atoms with Gasteiger partial charge in [-0.25, -0.2) is 0 Å². The Hall–Kier alpha value is -1.06. The van der Waals surface area contributed by atoms with Gasteiger partial charge < -0.3 is 14.8 Å². The van der Waals surface area contributed by atoms with E-state index in [-0.39, 0.29) is 6.10 Å². The van der Waals surface area contributed by atoms with E-state index in [0.29, 0.717) is 5.92 Å². The molecule has 1 unspecified atom stereocenters. The topological polar surface area (TPSA) is 30.5 Å². The lowest BCUT2D eigenvalue weighted by molar-refractivity contribution is 0.109. The van der Waals surface area contributed by atoms with Crippen molar-refractivity contribution in [3.05, 3.63) is 29.8 Å². The van der Waals surface area contributed by atoms with Crippen LogP contribution in [0.15, 0.2) is 24.3 Å². The second-order valence-electron chi connectivity index (χ2n) is 5.22. The van der Waals surface area contributed by atoms with E-state index in [9.17, 15) is 0 Å². The van der Waals surface area contributed by atoms with E-state index < -0.39 is 0 Å². The minimum Gasteiger partial charge on any atom is -0.488 e. The molecule has 0 aromatic heterocycles. The van der Waals surface area contributed by atoms with Gasteiger partial charge in [0.2, 0.25) is 0 Å². The van der Waals surface area contributed by atoms with E-state index in [4.69, 9.17) is 9.47 Å². The highest BCUT2D eigenvalue weighted by Gasteiger charge is 2.21. The molecule has 0 amide bonds. The number of para-hydroxylation sites is 1. The molecular weight excluding hydrogens is 226 g/mol. The van der Waals surface area contributed by atoms with Crippen LogP contribution in [-0.2, 0) is 11.2 Å². The molecule has 3 nitrogen and oxygen atoms in total. The van der Waals surface area contributed by atoms with Crippen molar-refractivity contribution < 1.29 is 9.47 Å². The van der Waals surface area contributed by atoms with Gasteiger partial charge >= 0.3 is 0 Å². The first-order chi connectivity index (χ1) is 8.75. The van der Waals surface area contributed by atoms with Gasteiger partial charge in [-0.15, -0.1) is 0 Å². The fourth-order valence-corrected chi connectivity index (χ4v) is 2.09. The maximum Gasteiger partial charge on any atom is 0.123 e. The van der Waals surface area contributed by atoms with Crippen molar-refractivity contribution in [2.75, 3.05) is 26.3 Å². The molecule has 0 saturated heterocycles. The number of ether oxygens (including phenoxy) is 2. The maximum atomic E-state index is 5.85. The fourth-order valence-electron chi connectivity index (χ4n) is 2.09. The van der Waals surface area contributed by atoms with Gasteiger partial charge in [-0.05, 0) is 17.5 Å². The highest BCUT2D eigenvalue weighted by atomic mass is 16.5. The predicted octanol–water partition coefficient (Wildman–Crippen LogP) is 2.25. The Labute approximate surface area is 109 Å². The van der Waals surface area contributed by atoms with E-state index in [2.05, 4.69) is 31.3 Å². The summed E-state index contributed by atoms with van der Waals surface area (Å²) < 4.78 is 11.4. The molecule has 1 heterocycles. The van der Waals surface area contributed by atoms with E-state index >= 15 is 0 Å². The Morgan fingerprint density at radius 1 is 1.39 bits per heavy atom. The molecule has 0 aliphatic carbocycles. The summed E-state index contributed by atoms with van der Waals surface area (Å²) in [5, 5.41) is 3.39. The minimum absolute atomic E-state index is 0.271. The lowest BCUT2D eigenvalue weighted by atomic mass is 10.1. The average Bonchev–Trinajstić information content (AvgIpc) is 2.75. The zero-order valence-electron chi connectivity index (χ0n) is 11.3. The molecule has 1 aromatic carbocycles. The Morgan fingerprint density at radius 3 is 3.00 bits per heavy atom. The summed E-state index contributed by atoms with van der Waals surface area (Å²) in [7, 11) is 0. The highest BCUT2D eigenvalue weighted by molar-refractivity contribution is 5.37. The second-order valence-corrected chi connectivity index (χ2v) is 5.22. The molecule has 2 rings (SSSR count). The lowest BCUT2D eigenvalue weighted by Crippen LogP contribution is -2.32. The van der Waals surface area contributed by atoms with Gasteiger partial charge in [-0.3, -0.25) is 0 Å². The van der Waals surface area contributed by atoms with E-state index in [0.717, 1.165) is 38.5 Å². The van der Waals surface area contributed by atoms with Gasteiger partial charge in [0.25, 0.3) is 0 Å². The summed E-state index contributed by atoms with van der Waals surface area (Å²) >= 11 is 0. The summed E-state index contributed by atoms with van der Waals surface area (Å²) in [6.07, 6.45) is 1.28. The third kappa shape index (κ3) is 4.00. The number of nitrogens with one attached hydrogen (secondary N) is 1. The van der Waals surface area contributed by atoms with Crippen LogP contribution in [0.25, 0.3) is 0 Å². The quantitative estimate of drug-likeness (QED) is 0.752. The van der Waals surface area contributed by atoms with Gasteiger partial charge in [0.1, 0.15) is 11.9 Å². The van der Waals surface area contributed by atoms with Crippen molar-refractivity contribution in [1.82, 2.24) is 5.32 Å². The molecule has 0 spiro atoms. The minimum atomic E-state index is 0.271. The van der Waals surface area contributed by atoms with E-state index in [1.165, 1.54) is 5.56 Å².